The summed E-state index contributed by atoms with van der Waals surface area (Å²) in [6, 6.07) is 1.83. The van der Waals surface area contributed by atoms with E-state index >= 15 is 0 Å². The van der Waals surface area contributed by atoms with Gasteiger partial charge in [0.1, 0.15) is 0 Å². The van der Waals surface area contributed by atoms with Crippen molar-refractivity contribution in [1.29, 1.82) is 0 Å². The van der Waals surface area contributed by atoms with Crippen LogP contribution >= 0.6 is 11.8 Å². The minimum absolute atomic E-state index is 0.0261. The molecule has 0 unspecified atom stereocenters. The second kappa shape index (κ2) is 6.11. The summed E-state index contributed by atoms with van der Waals surface area (Å²) >= 11 is 1.40. The highest BCUT2D eigenvalue weighted by Crippen LogP contribution is 2.45. The van der Waals surface area contributed by atoms with Gasteiger partial charge in [-0.1, -0.05) is 27.7 Å². The van der Waals surface area contributed by atoms with E-state index in [1.165, 1.54) is 11.8 Å². The Morgan fingerprint density at radius 1 is 1.32 bits per heavy atom. The van der Waals surface area contributed by atoms with Gasteiger partial charge >= 0.3 is 0 Å². The maximum Gasteiger partial charge on any atom is 0.273 e. The van der Waals surface area contributed by atoms with Gasteiger partial charge < -0.3 is 10.4 Å². The molecule has 5 heteroatoms. The summed E-state index contributed by atoms with van der Waals surface area (Å²) < 4.78 is 0. The molecule has 1 fully saturated rings. The van der Waals surface area contributed by atoms with Gasteiger partial charge in [0.25, 0.3) is 5.91 Å². The standard InChI is InChI=1S/C17H26N2O2S/c1-16(2)8-11(9-17(3,4)10-16)19-15(21)13-14(20)12(22-5)6-7-18-13/h6-7,11,20H,8-10H2,1-5H3,(H,19,21). The molecule has 1 heterocycles. The predicted molar refractivity (Wildman–Crippen MR) is 90.4 cm³/mol. The monoisotopic (exact) mass is 322 g/mol. The van der Waals surface area contributed by atoms with Crippen molar-refractivity contribution < 1.29 is 9.90 Å². The number of rotatable bonds is 3. The Labute approximate surface area is 137 Å². The largest absolute Gasteiger partial charge is 0.504 e. The van der Waals surface area contributed by atoms with Crippen LogP contribution in [0.15, 0.2) is 17.2 Å². The van der Waals surface area contributed by atoms with Crippen LogP contribution in [0.2, 0.25) is 0 Å². The summed E-state index contributed by atoms with van der Waals surface area (Å²) in [5, 5.41) is 13.2. The molecule has 0 spiro atoms. The molecule has 0 radical (unpaired) electrons. The first-order chi connectivity index (χ1) is 10.1. The van der Waals surface area contributed by atoms with E-state index in [9.17, 15) is 9.90 Å². The van der Waals surface area contributed by atoms with Crippen LogP contribution in [-0.4, -0.2) is 28.3 Å². The summed E-state index contributed by atoms with van der Waals surface area (Å²) in [5.74, 6) is -0.311. The predicted octanol–water partition coefficient (Wildman–Crippen LogP) is 3.84. The Hall–Kier alpha value is -1.23. The van der Waals surface area contributed by atoms with Gasteiger partial charge in [-0.2, -0.15) is 0 Å². The molecule has 0 aliphatic heterocycles. The van der Waals surface area contributed by atoms with E-state index in [4.69, 9.17) is 0 Å². The zero-order valence-electron chi connectivity index (χ0n) is 14.1. The molecule has 0 bridgehead atoms. The number of thioether (sulfide) groups is 1. The Morgan fingerprint density at radius 3 is 2.45 bits per heavy atom. The maximum absolute atomic E-state index is 12.5. The molecule has 122 valence electrons. The third kappa shape index (κ3) is 3.94. The number of hydrogen-bond donors (Lipinski definition) is 2. The summed E-state index contributed by atoms with van der Waals surface area (Å²) in [6.07, 6.45) is 6.48. The summed E-state index contributed by atoms with van der Waals surface area (Å²) in [7, 11) is 0. The fourth-order valence-corrected chi connectivity index (χ4v) is 4.46. The van der Waals surface area contributed by atoms with Crippen molar-refractivity contribution in [1.82, 2.24) is 10.3 Å². The number of nitrogens with zero attached hydrogens (tertiary/aromatic N) is 1. The number of amides is 1. The average molecular weight is 322 g/mol. The molecular formula is C17H26N2O2S. The highest BCUT2D eigenvalue weighted by atomic mass is 32.2. The van der Waals surface area contributed by atoms with Crippen molar-refractivity contribution in [3.63, 3.8) is 0 Å². The number of nitrogens with one attached hydrogen (secondary N) is 1. The van der Waals surface area contributed by atoms with Crippen molar-refractivity contribution in [2.75, 3.05) is 6.26 Å². The lowest BCUT2D eigenvalue weighted by Crippen LogP contribution is -2.46. The lowest BCUT2D eigenvalue weighted by Gasteiger charge is -2.45. The summed E-state index contributed by atoms with van der Waals surface area (Å²) in [6.45, 7) is 8.99. The molecular weight excluding hydrogens is 296 g/mol. The minimum Gasteiger partial charge on any atom is -0.504 e. The van der Waals surface area contributed by atoms with Crippen LogP contribution < -0.4 is 5.32 Å². The number of aromatic nitrogens is 1. The summed E-state index contributed by atoms with van der Waals surface area (Å²) in [5.41, 5.74) is 0.528. The van der Waals surface area contributed by atoms with Crippen molar-refractivity contribution in [2.45, 2.75) is 57.9 Å². The molecule has 0 aromatic carbocycles. The van der Waals surface area contributed by atoms with Crippen LogP contribution in [0.1, 0.15) is 57.4 Å². The van der Waals surface area contributed by atoms with Gasteiger partial charge in [0.2, 0.25) is 0 Å². The van der Waals surface area contributed by atoms with Crippen LogP contribution in [0.3, 0.4) is 0 Å². The number of aromatic hydroxyl groups is 1. The molecule has 0 atom stereocenters. The third-order valence-corrected chi connectivity index (χ3v) is 4.98. The van der Waals surface area contributed by atoms with Gasteiger partial charge in [0.05, 0.1) is 4.90 Å². The quantitative estimate of drug-likeness (QED) is 0.830. The van der Waals surface area contributed by atoms with Gasteiger partial charge in [0.15, 0.2) is 11.4 Å². The first-order valence-corrected chi connectivity index (χ1v) is 8.89. The lowest BCUT2D eigenvalue weighted by molar-refractivity contribution is 0.0708. The number of carbonyl (C=O) groups excluding carboxylic acids is 1. The second-order valence-corrected chi connectivity index (χ2v) is 8.64. The Morgan fingerprint density at radius 2 is 1.91 bits per heavy atom. The van der Waals surface area contributed by atoms with Crippen LogP contribution in [0, 0.1) is 10.8 Å². The lowest BCUT2D eigenvalue weighted by atomic mass is 9.63. The van der Waals surface area contributed by atoms with Crippen molar-refractivity contribution in [3.8, 4) is 5.75 Å². The van der Waals surface area contributed by atoms with Crippen LogP contribution in [0.5, 0.6) is 5.75 Å². The van der Waals surface area contributed by atoms with E-state index in [0.717, 1.165) is 19.3 Å². The Bertz CT molecular complexity index is 554. The highest BCUT2D eigenvalue weighted by molar-refractivity contribution is 7.98. The van der Waals surface area contributed by atoms with Crippen LogP contribution in [0.25, 0.3) is 0 Å². The SMILES string of the molecule is CSc1ccnc(C(=O)NC2CC(C)(C)CC(C)(C)C2)c1O. The van der Waals surface area contributed by atoms with E-state index in [1.54, 1.807) is 12.3 Å². The zero-order valence-corrected chi connectivity index (χ0v) is 14.9. The molecule has 1 aliphatic carbocycles. The van der Waals surface area contributed by atoms with E-state index in [-0.39, 0.29) is 34.2 Å². The molecule has 0 saturated heterocycles. The first-order valence-electron chi connectivity index (χ1n) is 7.66. The van der Waals surface area contributed by atoms with Gasteiger partial charge in [-0.15, -0.1) is 11.8 Å². The van der Waals surface area contributed by atoms with Gasteiger partial charge in [-0.25, -0.2) is 4.98 Å². The molecule has 4 nitrogen and oxygen atoms in total. The average Bonchev–Trinajstić information content (AvgIpc) is 2.34. The van der Waals surface area contributed by atoms with E-state index in [1.807, 2.05) is 6.26 Å². The minimum atomic E-state index is -0.285. The molecule has 1 aromatic rings. The van der Waals surface area contributed by atoms with E-state index in [2.05, 4.69) is 38.0 Å². The molecule has 1 saturated carbocycles. The highest BCUT2D eigenvalue weighted by Gasteiger charge is 2.39. The van der Waals surface area contributed by atoms with Crippen molar-refractivity contribution >= 4 is 17.7 Å². The number of pyridine rings is 1. The van der Waals surface area contributed by atoms with E-state index in [0.29, 0.717) is 4.90 Å². The molecule has 1 amide bonds. The van der Waals surface area contributed by atoms with Gasteiger partial charge in [0, 0.05) is 12.2 Å². The molecule has 1 aliphatic rings. The van der Waals surface area contributed by atoms with Crippen LogP contribution in [0.4, 0.5) is 0 Å². The topological polar surface area (TPSA) is 62.2 Å². The first kappa shape index (κ1) is 17.1. The third-order valence-electron chi connectivity index (χ3n) is 4.21. The second-order valence-electron chi connectivity index (χ2n) is 7.79. The fourth-order valence-electron chi connectivity index (χ4n) is 3.97. The Kier molecular flexibility index (Phi) is 4.76. The summed E-state index contributed by atoms with van der Waals surface area (Å²) in [4.78, 5) is 17.2. The molecule has 2 rings (SSSR count). The number of carbonyl (C=O) groups is 1. The molecule has 22 heavy (non-hydrogen) atoms. The van der Waals surface area contributed by atoms with Crippen molar-refractivity contribution in [3.05, 3.63) is 18.0 Å². The number of hydrogen-bond acceptors (Lipinski definition) is 4. The fraction of sp³-hybridized carbons (Fsp3) is 0.647. The Balaban J connectivity index is 2.15. The smallest absolute Gasteiger partial charge is 0.273 e. The molecule has 2 N–H and O–H groups in total. The van der Waals surface area contributed by atoms with Crippen LogP contribution in [-0.2, 0) is 0 Å². The van der Waals surface area contributed by atoms with Gasteiger partial charge in [-0.05, 0) is 42.4 Å². The maximum atomic E-state index is 12.5. The normalized spacial score (nSPS) is 20.6. The zero-order chi connectivity index (χ0) is 16.5. The van der Waals surface area contributed by atoms with Gasteiger partial charge in [-0.3, -0.25) is 4.79 Å². The molecule has 1 aromatic heterocycles. The van der Waals surface area contributed by atoms with Crippen molar-refractivity contribution in [2.24, 2.45) is 10.8 Å². The van der Waals surface area contributed by atoms with E-state index < -0.39 is 0 Å².